The maximum absolute atomic E-state index is 5.95. The molecule has 0 radical (unpaired) electrons. The number of hydrogen-bond donors (Lipinski definition) is 1. The lowest BCUT2D eigenvalue weighted by Crippen LogP contribution is -2.19. The summed E-state index contributed by atoms with van der Waals surface area (Å²) in [7, 11) is 0. The molecule has 0 saturated carbocycles. The Labute approximate surface area is 143 Å². The molecule has 2 aromatic rings. The van der Waals surface area contributed by atoms with Crippen LogP contribution < -0.4 is 5.32 Å². The summed E-state index contributed by atoms with van der Waals surface area (Å²) in [6.07, 6.45) is 1.91. The van der Waals surface area contributed by atoms with E-state index in [0.717, 1.165) is 24.1 Å². The van der Waals surface area contributed by atoms with Gasteiger partial charge in [-0.25, -0.2) is 0 Å². The third-order valence-electron chi connectivity index (χ3n) is 3.90. The number of rotatable bonds is 5. The van der Waals surface area contributed by atoms with Crippen LogP contribution in [0.1, 0.15) is 30.3 Å². The van der Waals surface area contributed by atoms with E-state index >= 15 is 0 Å². The minimum Gasteiger partial charge on any atom is -0.370 e. The normalized spacial score (nSPS) is 18.3. The molecule has 0 aliphatic carbocycles. The molecule has 0 spiro atoms. The highest BCUT2D eigenvalue weighted by atomic mass is 32.5. The van der Waals surface area contributed by atoms with E-state index in [1.165, 1.54) is 5.56 Å². The zero-order valence-corrected chi connectivity index (χ0v) is 15.0. The third-order valence-corrected chi connectivity index (χ3v) is 7.31. The highest BCUT2D eigenvalue weighted by molar-refractivity contribution is 8.10. The van der Waals surface area contributed by atoms with Crippen LogP contribution in [-0.4, -0.2) is 13.2 Å². The van der Waals surface area contributed by atoms with Crippen LogP contribution in [0.2, 0.25) is 0 Å². The zero-order chi connectivity index (χ0) is 16.1. The van der Waals surface area contributed by atoms with Crippen LogP contribution in [0.3, 0.4) is 0 Å². The van der Waals surface area contributed by atoms with E-state index < -0.39 is 6.49 Å². The second-order valence-corrected chi connectivity index (χ2v) is 9.21. The molecule has 0 aromatic heterocycles. The van der Waals surface area contributed by atoms with Gasteiger partial charge in [0.2, 0.25) is 6.49 Å². The van der Waals surface area contributed by atoms with Gasteiger partial charge in [0.05, 0.1) is 13.2 Å². The fraction of sp³-hybridized carbons (Fsp3) is 0.333. The van der Waals surface area contributed by atoms with Crippen molar-refractivity contribution in [3.05, 3.63) is 65.7 Å². The summed E-state index contributed by atoms with van der Waals surface area (Å²) in [5.74, 6) is -0.133. The summed E-state index contributed by atoms with van der Waals surface area (Å²) < 4.78 is 11.9. The lowest BCUT2D eigenvalue weighted by atomic mass is 10.1. The molecule has 1 aliphatic heterocycles. The molecule has 3 rings (SSSR count). The van der Waals surface area contributed by atoms with Crippen molar-refractivity contribution >= 4 is 24.0 Å². The summed E-state index contributed by atoms with van der Waals surface area (Å²) in [4.78, 5) is 0. The molecule has 0 bridgehead atoms. The molecule has 3 nitrogen and oxygen atoms in total. The van der Waals surface area contributed by atoms with Crippen LogP contribution in [0.4, 0.5) is 5.69 Å². The van der Waals surface area contributed by atoms with Crippen LogP contribution >= 0.6 is 6.49 Å². The van der Waals surface area contributed by atoms with E-state index in [4.69, 9.17) is 20.9 Å². The third kappa shape index (κ3) is 4.02. The maximum Gasteiger partial charge on any atom is 0.215 e. The van der Waals surface area contributed by atoms with Gasteiger partial charge in [-0.05, 0) is 47.9 Å². The van der Waals surface area contributed by atoms with Crippen molar-refractivity contribution in [1.29, 1.82) is 0 Å². The van der Waals surface area contributed by atoms with E-state index in [1.54, 1.807) is 0 Å². The Morgan fingerprint density at radius 1 is 1.09 bits per heavy atom. The van der Waals surface area contributed by atoms with E-state index in [0.29, 0.717) is 13.2 Å². The molecule has 122 valence electrons. The van der Waals surface area contributed by atoms with Gasteiger partial charge >= 0.3 is 0 Å². The Morgan fingerprint density at radius 3 is 2.52 bits per heavy atom. The van der Waals surface area contributed by atoms with E-state index in [9.17, 15) is 0 Å². The Kier molecular flexibility index (Phi) is 5.50. The molecule has 1 aliphatic rings. The minimum atomic E-state index is -2.41. The maximum atomic E-state index is 5.95. The summed E-state index contributed by atoms with van der Waals surface area (Å²) in [6, 6.07) is 18.7. The van der Waals surface area contributed by atoms with Gasteiger partial charge in [0.15, 0.2) is 0 Å². The number of nitrogens with one attached hydrogen (secondary N) is 1. The van der Waals surface area contributed by atoms with Crippen molar-refractivity contribution in [3.8, 4) is 0 Å². The van der Waals surface area contributed by atoms with Crippen molar-refractivity contribution in [2.45, 2.75) is 25.5 Å². The van der Waals surface area contributed by atoms with E-state index in [2.05, 4.69) is 48.6 Å². The first-order chi connectivity index (χ1) is 11.2. The Hall–Kier alpha value is -1.19. The van der Waals surface area contributed by atoms with Gasteiger partial charge in [-0.1, -0.05) is 49.4 Å². The molecule has 2 aromatic carbocycles. The second-order valence-electron chi connectivity index (χ2n) is 5.57. The topological polar surface area (TPSA) is 30.5 Å². The second kappa shape index (κ2) is 7.59. The first-order valence-electron chi connectivity index (χ1n) is 8.00. The lowest BCUT2D eigenvalue weighted by Gasteiger charge is -2.34. The van der Waals surface area contributed by atoms with Gasteiger partial charge in [-0.15, -0.1) is 0 Å². The summed E-state index contributed by atoms with van der Waals surface area (Å²) in [5.41, 5.74) is 3.46. The van der Waals surface area contributed by atoms with Crippen molar-refractivity contribution in [2.75, 3.05) is 18.5 Å². The molecule has 5 heteroatoms. The number of benzene rings is 2. The monoisotopic (exact) mass is 347 g/mol. The average Bonchev–Trinajstić information content (AvgIpc) is 2.61. The van der Waals surface area contributed by atoms with Gasteiger partial charge in [0.25, 0.3) is 0 Å². The molecule has 23 heavy (non-hydrogen) atoms. The van der Waals surface area contributed by atoms with Crippen LogP contribution in [0.5, 0.6) is 0 Å². The van der Waals surface area contributed by atoms with Gasteiger partial charge in [-0.2, -0.15) is 0 Å². The lowest BCUT2D eigenvalue weighted by molar-refractivity contribution is 0.175. The summed E-state index contributed by atoms with van der Waals surface area (Å²) >= 11 is 5.82. The molecule has 1 saturated heterocycles. The quantitative estimate of drug-likeness (QED) is 0.762. The largest absolute Gasteiger partial charge is 0.370 e. The first kappa shape index (κ1) is 16.7. The van der Waals surface area contributed by atoms with Crippen LogP contribution in [0, 0.1) is 0 Å². The van der Waals surface area contributed by atoms with Crippen molar-refractivity contribution in [2.24, 2.45) is 0 Å². The van der Waals surface area contributed by atoms with Crippen LogP contribution in [-0.2, 0) is 27.3 Å². The minimum absolute atomic E-state index is 0.133. The molecular weight excluding hydrogens is 325 g/mol. The summed E-state index contributed by atoms with van der Waals surface area (Å²) in [6.45, 7) is 1.10. The molecule has 0 amide bonds. The number of aryl methyl sites for hydroxylation is 1. The average molecular weight is 347 g/mol. The SMILES string of the molecule is CCc1cccc(NC(c2ccccc2)P2(=S)OCCCO2)c1. The molecule has 1 unspecified atom stereocenters. The number of hydrogen-bond acceptors (Lipinski definition) is 4. The zero-order valence-electron chi connectivity index (χ0n) is 13.3. The molecular formula is C18H22NO2PS. The van der Waals surface area contributed by atoms with Crippen molar-refractivity contribution in [1.82, 2.24) is 0 Å². The smallest absolute Gasteiger partial charge is 0.215 e. The number of anilines is 1. The van der Waals surface area contributed by atoms with Crippen LogP contribution in [0.25, 0.3) is 0 Å². The van der Waals surface area contributed by atoms with E-state index in [1.807, 2.05) is 18.2 Å². The Balaban J connectivity index is 1.93. The predicted octanol–water partition coefficient (Wildman–Crippen LogP) is 5.11. The van der Waals surface area contributed by atoms with Crippen molar-refractivity contribution < 1.29 is 9.05 Å². The van der Waals surface area contributed by atoms with Gasteiger partial charge in [0, 0.05) is 5.69 Å². The van der Waals surface area contributed by atoms with Gasteiger partial charge in [0.1, 0.15) is 5.78 Å². The standard InChI is InChI=1S/C18H22NO2PS/c1-2-15-8-6-11-17(14-15)19-18(16-9-4-3-5-10-16)22(23)20-12-7-13-21-22/h3-6,8-11,14,18-19H,2,7,12-13H2,1H3. The van der Waals surface area contributed by atoms with Gasteiger partial charge < -0.3 is 14.4 Å². The first-order valence-corrected chi connectivity index (χ1v) is 10.7. The molecule has 1 N–H and O–H groups in total. The van der Waals surface area contributed by atoms with Crippen LogP contribution in [0.15, 0.2) is 54.6 Å². The fourth-order valence-corrected chi connectivity index (χ4v) is 5.60. The molecule has 1 fully saturated rings. The van der Waals surface area contributed by atoms with E-state index in [-0.39, 0.29) is 5.78 Å². The molecule has 1 heterocycles. The summed E-state index contributed by atoms with van der Waals surface area (Å²) in [5, 5.41) is 3.58. The predicted molar refractivity (Wildman–Crippen MR) is 99.4 cm³/mol. The van der Waals surface area contributed by atoms with Gasteiger partial charge in [-0.3, -0.25) is 0 Å². The fourth-order valence-electron chi connectivity index (χ4n) is 2.65. The molecule has 1 atom stereocenters. The Bertz CT molecular complexity index is 682. The highest BCUT2D eigenvalue weighted by Crippen LogP contribution is 2.62. The Morgan fingerprint density at radius 2 is 1.83 bits per heavy atom. The highest BCUT2D eigenvalue weighted by Gasteiger charge is 2.34. The van der Waals surface area contributed by atoms with Crippen molar-refractivity contribution in [3.63, 3.8) is 0 Å².